The maximum absolute atomic E-state index is 5.72. The van der Waals surface area contributed by atoms with Crippen LogP contribution in [0.2, 0.25) is 0 Å². The highest BCUT2D eigenvalue weighted by atomic mass is 16.7. The molecule has 0 amide bonds. The van der Waals surface area contributed by atoms with Crippen LogP contribution in [0.25, 0.3) is 0 Å². The number of aryl methyl sites for hydroxylation is 1. The van der Waals surface area contributed by atoms with Crippen molar-refractivity contribution >= 4 is 0 Å². The van der Waals surface area contributed by atoms with Crippen LogP contribution in [0.15, 0.2) is 12.1 Å². The smallest absolute Gasteiger partial charge is 0.188 e. The molecule has 1 aromatic rings. The number of ether oxygens (including phenoxy) is 3. The van der Waals surface area contributed by atoms with Crippen LogP contribution >= 0.6 is 0 Å². The molecule has 0 aliphatic heterocycles. The van der Waals surface area contributed by atoms with Crippen LogP contribution in [-0.2, 0) is 11.2 Å². The Morgan fingerprint density at radius 2 is 1.96 bits per heavy atom. The number of benzene rings is 1. The second kappa shape index (κ2) is 6.25. The highest BCUT2D eigenvalue weighted by Gasteiger charge is 2.50. The largest absolute Gasteiger partial charge is 0.493 e. The molecule has 1 aromatic carbocycles. The van der Waals surface area contributed by atoms with E-state index in [0.29, 0.717) is 5.41 Å². The quantitative estimate of drug-likeness (QED) is 0.733. The third-order valence-electron chi connectivity index (χ3n) is 7.12. The molecule has 0 bridgehead atoms. The first-order valence-electron chi connectivity index (χ1n) is 9.49. The van der Waals surface area contributed by atoms with E-state index in [-0.39, 0.29) is 6.79 Å². The maximum atomic E-state index is 5.72. The van der Waals surface area contributed by atoms with Gasteiger partial charge in [0.25, 0.3) is 0 Å². The number of methoxy groups -OCH3 is 2. The van der Waals surface area contributed by atoms with E-state index >= 15 is 0 Å². The Morgan fingerprint density at radius 3 is 2.75 bits per heavy atom. The molecule has 0 spiro atoms. The zero-order chi connectivity index (χ0) is 16.7. The van der Waals surface area contributed by atoms with Crippen molar-refractivity contribution in [3.63, 3.8) is 0 Å². The Kier molecular flexibility index (Phi) is 4.24. The van der Waals surface area contributed by atoms with Crippen molar-refractivity contribution in [1.82, 2.24) is 0 Å². The molecule has 3 aliphatic rings. The Morgan fingerprint density at radius 1 is 1.08 bits per heavy atom. The summed E-state index contributed by atoms with van der Waals surface area (Å²) in [6.45, 7) is 2.82. The zero-order valence-electron chi connectivity index (χ0n) is 15.3. The van der Waals surface area contributed by atoms with E-state index in [9.17, 15) is 0 Å². The van der Waals surface area contributed by atoms with E-state index in [0.717, 1.165) is 29.3 Å². The third kappa shape index (κ3) is 2.52. The van der Waals surface area contributed by atoms with Crippen molar-refractivity contribution in [3.05, 3.63) is 23.3 Å². The van der Waals surface area contributed by atoms with Gasteiger partial charge in [0.15, 0.2) is 18.3 Å². The molecule has 0 heterocycles. The SMILES string of the molecule is COCOc1cc2c(cc1OC)[C@H]1CC[C@]3(C)CCC[C@H]3[C@@H]1CC2. The Bertz CT molecular complexity index is 611. The Labute approximate surface area is 145 Å². The topological polar surface area (TPSA) is 27.7 Å². The van der Waals surface area contributed by atoms with Gasteiger partial charge in [-0.1, -0.05) is 13.3 Å². The van der Waals surface area contributed by atoms with Gasteiger partial charge in [-0.3, -0.25) is 0 Å². The van der Waals surface area contributed by atoms with Crippen LogP contribution in [0, 0.1) is 17.3 Å². The molecule has 4 rings (SSSR count). The molecular formula is C21H30O3. The first-order chi connectivity index (χ1) is 11.7. The predicted molar refractivity (Wildman–Crippen MR) is 94.7 cm³/mol. The molecule has 2 saturated carbocycles. The molecule has 3 aliphatic carbocycles. The summed E-state index contributed by atoms with van der Waals surface area (Å²) in [5, 5.41) is 0. The average molecular weight is 330 g/mol. The van der Waals surface area contributed by atoms with Crippen LogP contribution in [0.4, 0.5) is 0 Å². The molecule has 0 radical (unpaired) electrons. The molecule has 24 heavy (non-hydrogen) atoms. The van der Waals surface area contributed by atoms with Crippen molar-refractivity contribution in [2.24, 2.45) is 17.3 Å². The standard InChI is InChI=1S/C21H30O3/c1-21-9-4-5-18(21)16-7-6-14-11-20(24-13-22-2)19(23-3)12-17(14)15(16)8-10-21/h11-12,15-16,18H,4-10,13H2,1-3H3/t15-,16+,18-,21-/m0/s1. The van der Waals surface area contributed by atoms with Gasteiger partial charge in [0.2, 0.25) is 0 Å². The summed E-state index contributed by atoms with van der Waals surface area (Å²) < 4.78 is 16.4. The lowest BCUT2D eigenvalue weighted by Gasteiger charge is -2.49. The first-order valence-corrected chi connectivity index (χ1v) is 9.49. The number of fused-ring (bicyclic) bond motifs is 5. The molecule has 0 aromatic heterocycles. The van der Waals surface area contributed by atoms with E-state index in [4.69, 9.17) is 14.2 Å². The van der Waals surface area contributed by atoms with Crippen molar-refractivity contribution in [1.29, 1.82) is 0 Å². The molecule has 132 valence electrons. The predicted octanol–water partition coefficient (Wildman–Crippen LogP) is 4.92. The summed E-state index contributed by atoms with van der Waals surface area (Å²) in [5.41, 5.74) is 3.61. The second-order valence-electron chi connectivity index (χ2n) is 8.25. The number of hydrogen-bond donors (Lipinski definition) is 0. The van der Waals surface area contributed by atoms with Crippen molar-refractivity contribution in [2.75, 3.05) is 21.0 Å². The summed E-state index contributed by atoms with van der Waals surface area (Å²) in [6, 6.07) is 4.46. The molecule has 4 atom stereocenters. The van der Waals surface area contributed by atoms with Crippen LogP contribution in [-0.4, -0.2) is 21.0 Å². The summed E-state index contributed by atoms with van der Waals surface area (Å²) in [4.78, 5) is 0. The van der Waals surface area contributed by atoms with Crippen molar-refractivity contribution < 1.29 is 14.2 Å². The fourth-order valence-corrected chi connectivity index (χ4v) is 5.97. The van der Waals surface area contributed by atoms with Gasteiger partial charge in [-0.15, -0.1) is 0 Å². The lowest BCUT2D eigenvalue weighted by molar-refractivity contribution is 0.0482. The lowest BCUT2D eigenvalue weighted by atomic mass is 9.56. The minimum atomic E-state index is 0.266. The van der Waals surface area contributed by atoms with Gasteiger partial charge in [0.05, 0.1) is 7.11 Å². The summed E-state index contributed by atoms with van der Waals surface area (Å²) >= 11 is 0. The van der Waals surface area contributed by atoms with Gasteiger partial charge in [0, 0.05) is 7.11 Å². The second-order valence-corrected chi connectivity index (χ2v) is 8.25. The van der Waals surface area contributed by atoms with Gasteiger partial charge < -0.3 is 14.2 Å². The Hall–Kier alpha value is -1.22. The van der Waals surface area contributed by atoms with Gasteiger partial charge >= 0.3 is 0 Å². The highest BCUT2D eigenvalue weighted by molar-refractivity contribution is 5.50. The first kappa shape index (κ1) is 16.3. The fourth-order valence-electron chi connectivity index (χ4n) is 5.97. The van der Waals surface area contributed by atoms with Crippen LogP contribution in [0.1, 0.15) is 62.5 Å². The van der Waals surface area contributed by atoms with E-state index in [1.165, 1.54) is 56.1 Å². The zero-order valence-corrected chi connectivity index (χ0v) is 15.3. The van der Waals surface area contributed by atoms with Gasteiger partial charge in [-0.2, -0.15) is 0 Å². The molecule has 3 heteroatoms. The van der Waals surface area contributed by atoms with Crippen LogP contribution < -0.4 is 9.47 Å². The third-order valence-corrected chi connectivity index (χ3v) is 7.12. The molecule has 0 unspecified atom stereocenters. The number of rotatable bonds is 4. The molecule has 2 fully saturated rings. The Balaban J connectivity index is 1.66. The summed E-state index contributed by atoms with van der Waals surface area (Å²) in [6.07, 6.45) is 9.57. The maximum Gasteiger partial charge on any atom is 0.188 e. The van der Waals surface area contributed by atoms with E-state index in [1.54, 1.807) is 14.2 Å². The minimum absolute atomic E-state index is 0.266. The molecule has 0 saturated heterocycles. The van der Waals surface area contributed by atoms with E-state index in [1.807, 2.05) is 0 Å². The van der Waals surface area contributed by atoms with Gasteiger partial charge in [-0.25, -0.2) is 0 Å². The molecular weight excluding hydrogens is 300 g/mol. The van der Waals surface area contributed by atoms with E-state index < -0.39 is 0 Å². The average Bonchev–Trinajstić information content (AvgIpc) is 3.00. The van der Waals surface area contributed by atoms with Crippen LogP contribution in [0.3, 0.4) is 0 Å². The lowest BCUT2D eigenvalue weighted by Crippen LogP contribution is -2.39. The highest BCUT2D eigenvalue weighted by Crippen LogP contribution is 2.61. The van der Waals surface area contributed by atoms with Gasteiger partial charge in [-0.05, 0) is 85.0 Å². The van der Waals surface area contributed by atoms with Crippen molar-refractivity contribution in [2.45, 2.75) is 57.8 Å². The summed E-state index contributed by atoms with van der Waals surface area (Å²) in [7, 11) is 3.38. The van der Waals surface area contributed by atoms with Crippen LogP contribution in [0.5, 0.6) is 11.5 Å². The monoisotopic (exact) mass is 330 g/mol. The summed E-state index contributed by atoms with van der Waals surface area (Å²) in [5.74, 6) is 4.19. The van der Waals surface area contributed by atoms with Crippen molar-refractivity contribution in [3.8, 4) is 11.5 Å². The fraction of sp³-hybridized carbons (Fsp3) is 0.714. The molecule has 0 N–H and O–H groups in total. The normalized spacial score (nSPS) is 34.2. The number of hydrogen-bond acceptors (Lipinski definition) is 3. The van der Waals surface area contributed by atoms with Gasteiger partial charge in [0.1, 0.15) is 0 Å². The van der Waals surface area contributed by atoms with E-state index in [2.05, 4.69) is 19.1 Å². The molecule has 3 nitrogen and oxygen atoms in total. The minimum Gasteiger partial charge on any atom is -0.493 e.